The van der Waals surface area contributed by atoms with E-state index < -0.39 is 5.63 Å². The molecule has 0 aliphatic carbocycles. The zero-order valence-corrected chi connectivity index (χ0v) is 10.7. The van der Waals surface area contributed by atoms with Gasteiger partial charge in [0.25, 0.3) is 0 Å². The Bertz CT molecular complexity index is 642. The Morgan fingerprint density at radius 2 is 1.67 bits per heavy atom. The molecular formula is C13H14O5. The monoisotopic (exact) mass is 250 g/mol. The van der Waals surface area contributed by atoms with Gasteiger partial charge in [-0.25, -0.2) is 4.79 Å². The van der Waals surface area contributed by atoms with Crippen LogP contribution in [-0.2, 0) is 0 Å². The van der Waals surface area contributed by atoms with Crippen LogP contribution in [0.2, 0.25) is 0 Å². The number of hydrogen-bond donors (Lipinski definition) is 0. The van der Waals surface area contributed by atoms with Crippen molar-refractivity contribution < 1.29 is 18.6 Å². The van der Waals surface area contributed by atoms with Gasteiger partial charge in [0, 0.05) is 10.9 Å². The van der Waals surface area contributed by atoms with Crippen LogP contribution < -0.4 is 19.8 Å². The van der Waals surface area contributed by atoms with Crippen molar-refractivity contribution in [1.82, 2.24) is 0 Å². The largest absolute Gasteiger partial charge is 0.493 e. The number of benzene rings is 1. The minimum absolute atomic E-state index is 0.351. The van der Waals surface area contributed by atoms with Gasteiger partial charge >= 0.3 is 5.63 Å². The van der Waals surface area contributed by atoms with Crippen molar-refractivity contribution in [3.8, 4) is 17.2 Å². The molecule has 96 valence electrons. The third-order valence-corrected chi connectivity index (χ3v) is 2.70. The van der Waals surface area contributed by atoms with Crippen molar-refractivity contribution in [1.29, 1.82) is 0 Å². The predicted octanol–water partition coefficient (Wildman–Crippen LogP) is 2.13. The summed E-state index contributed by atoms with van der Waals surface area (Å²) in [5.41, 5.74) is 0.482. The van der Waals surface area contributed by atoms with Crippen molar-refractivity contribution in [2.75, 3.05) is 21.3 Å². The second-order valence-electron chi connectivity index (χ2n) is 3.78. The number of aryl methyl sites for hydroxylation is 1. The molecule has 0 saturated carbocycles. The van der Waals surface area contributed by atoms with Gasteiger partial charge in [-0.3, -0.25) is 0 Å². The average molecular weight is 250 g/mol. The van der Waals surface area contributed by atoms with Crippen LogP contribution in [0, 0.1) is 6.92 Å². The average Bonchev–Trinajstić information content (AvgIpc) is 2.38. The molecule has 1 aromatic heterocycles. The second kappa shape index (κ2) is 4.60. The number of fused-ring (bicyclic) bond motifs is 1. The van der Waals surface area contributed by atoms with Gasteiger partial charge in [0.15, 0.2) is 11.3 Å². The lowest BCUT2D eigenvalue weighted by atomic mass is 10.1. The third-order valence-electron chi connectivity index (χ3n) is 2.70. The molecule has 0 bridgehead atoms. The lowest BCUT2D eigenvalue weighted by molar-refractivity contribution is 0.323. The van der Waals surface area contributed by atoms with Gasteiger partial charge in [-0.05, 0) is 19.1 Å². The van der Waals surface area contributed by atoms with Crippen molar-refractivity contribution >= 4 is 11.0 Å². The summed E-state index contributed by atoms with van der Waals surface area (Å²) in [6, 6.07) is 3.47. The molecule has 5 nitrogen and oxygen atoms in total. The van der Waals surface area contributed by atoms with Crippen LogP contribution in [0.1, 0.15) is 5.56 Å². The zero-order valence-electron chi connectivity index (χ0n) is 10.7. The molecule has 0 radical (unpaired) electrons. The minimum atomic E-state index is -0.395. The molecule has 0 aliphatic rings. The molecule has 0 amide bonds. The van der Waals surface area contributed by atoms with Crippen LogP contribution >= 0.6 is 0 Å². The van der Waals surface area contributed by atoms with Gasteiger partial charge in [-0.1, -0.05) is 0 Å². The Morgan fingerprint density at radius 1 is 1.00 bits per heavy atom. The lowest BCUT2D eigenvalue weighted by Gasteiger charge is -2.13. The van der Waals surface area contributed by atoms with Crippen LogP contribution in [0.4, 0.5) is 0 Å². The van der Waals surface area contributed by atoms with Gasteiger partial charge in [0.2, 0.25) is 11.5 Å². The molecule has 0 spiro atoms. The van der Waals surface area contributed by atoms with Crippen molar-refractivity contribution in [3.05, 3.63) is 28.1 Å². The molecule has 2 rings (SSSR count). The Kier molecular flexibility index (Phi) is 3.14. The van der Waals surface area contributed by atoms with E-state index in [9.17, 15) is 4.79 Å². The maximum absolute atomic E-state index is 11.6. The summed E-state index contributed by atoms with van der Waals surface area (Å²) in [7, 11) is 4.52. The number of methoxy groups -OCH3 is 3. The topological polar surface area (TPSA) is 57.9 Å². The highest BCUT2D eigenvalue weighted by Crippen LogP contribution is 2.42. The fourth-order valence-corrected chi connectivity index (χ4v) is 1.83. The van der Waals surface area contributed by atoms with E-state index in [1.54, 1.807) is 19.1 Å². The first-order chi connectivity index (χ1) is 8.62. The van der Waals surface area contributed by atoms with Crippen LogP contribution in [-0.4, -0.2) is 21.3 Å². The van der Waals surface area contributed by atoms with Gasteiger partial charge in [0.05, 0.1) is 21.3 Å². The molecule has 0 unspecified atom stereocenters. The maximum Gasteiger partial charge on any atom is 0.339 e. The summed E-state index contributed by atoms with van der Waals surface area (Å²) in [6.45, 7) is 1.69. The first-order valence-corrected chi connectivity index (χ1v) is 5.35. The molecule has 18 heavy (non-hydrogen) atoms. The highest BCUT2D eigenvalue weighted by Gasteiger charge is 2.18. The standard InChI is InChI=1S/C13H14O5/c1-7-5-8-6-9(15-2)11(16-3)12(17-4)10(8)18-13(7)14/h5-6H,1-4H3. The lowest BCUT2D eigenvalue weighted by Crippen LogP contribution is -2.04. The van der Waals surface area contributed by atoms with E-state index in [0.717, 1.165) is 5.39 Å². The van der Waals surface area contributed by atoms with Gasteiger partial charge in [0.1, 0.15) is 0 Å². The van der Waals surface area contributed by atoms with E-state index in [2.05, 4.69) is 0 Å². The van der Waals surface area contributed by atoms with E-state index >= 15 is 0 Å². The van der Waals surface area contributed by atoms with Gasteiger partial charge in [-0.2, -0.15) is 0 Å². The van der Waals surface area contributed by atoms with Crippen molar-refractivity contribution in [3.63, 3.8) is 0 Å². The molecule has 5 heteroatoms. The summed E-state index contributed by atoms with van der Waals surface area (Å²) >= 11 is 0. The normalized spacial score (nSPS) is 10.4. The molecule has 0 saturated heterocycles. The zero-order chi connectivity index (χ0) is 13.3. The molecule has 1 heterocycles. The highest BCUT2D eigenvalue weighted by atomic mass is 16.5. The summed E-state index contributed by atoms with van der Waals surface area (Å²) < 4.78 is 20.9. The fraction of sp³-hybridized carbons (Fsp3) is 0.308. The van der Waals surface area contributed by atoms with E-state index in [4.69, 9.17) is 18.6 Å². The maximum atomic E-state index is 11.6. The van der Waals surface area contributed by atoms with E-state index in [0.29, 0.717) is 28.4 Å². The first kappa shape index (κ1) is 12.3. The van der Waals surface area contributed by atoms with Gasteiger partial charge in [-0.15, -0.1) is 0 Å². The van der Waals surface area contributed by atoms with E-state index in [1.165, 1.54) is 21.3 Å². The number of hydrogen-bond acceptors (Lipinski definition) is 5. The summed E-state index contributed by atoms with van der Waals surface area (Å²) in [5, 5.41) is 0.724. The first-order valence-electron chi connectivity index (χ1n) is 5.35. The quantitative estimate of drug-likeness (QED) is 0.781. The van der Waals surface area contributed by atoms with Crippen LogP contribution in [0.15, 0.2) is 21.3 Å². The van der Waals surface area contributed by atoms with E-state index in [1.807, 2.05) is 0 Å². The highest BCUT2D eigenvalue weighted by molar-refractivity contribution is 5.88. The third kappa shape index (κ3) is 1.77. The Morgan fingerprint density at radius 3 is 2.22 bits per heavy atom. The molecule has 1 aromatic carbocycles. The Hall–Kier alpha value is -2.17. The summed E-state index contributed by atoms with van der Waals surface area (Å²) in [6.07, 6.45) is 0. The van der Waals surface area contributed by atoms with Crippen LogP contribution in [0.25, 0.3) is 11.0 Å². The summed E-state index contributed by atoms with van der Waals surface area (Å²) in [4.78, 5) is 11.6. The second-order valence-corrected chi connectivity index (χ2v) is 3.78. The SMILES string of the molecule is COc1cc2cc(C)c(=O)oc2c(OC)c1OC. The Balaban J connectivity index is 2.92. The smallest absolute Gasteiger partial charge is 0.339 e. The van der Waals surface area contributed by atoms with Crippen molar-refractivity contribution in [2.24, 2.45) is 0 Å². The molecule has 0 N–H and O–H groups in total. The minimum Gasteiger partial charge on any atom is -0.493 e. The fourth-order valence-electron chi connectivity index (χ4n) is 1.83. The molecule has 2 aromatic rings. The predicted molar refractivity (Wildman–Crippen MR) is 66.9 cm³/mol. The van der Waals surface area contributed by atoms with Crippen molar-refractivity contribution in [2.45, 2.75) is 6.92 Å². The van der Waals surface area contributed by atoms with Gasteiger partial charge < -0.3 is 18.6 Å². The molecular weight excluding hydrogens is 236 g/mol. The summed E-state index contributed by atoms with van der Waals surface area (Å²) in [5.74, 6) is 1.28. The van der Waals surface area contributed by atoms with Crippen LogP contribution in [0.5, 0.6) is 17.2 Å². The number of ether oxygens (including phenoxy) is 3. The molecule has 0 atom stereocenters. The van der Waals surface area contributed by atoms with Crippen LogP contribution in [0.3, 0.4) is 0 Å². The van der Waals surface area contributed by atoms with E-state index in [-0.39, 0.29) is 0 Å². The Labute approximate surface area is 104 Å². The molecule has 0 fully saturated rings. The number of rotatable bonds is 3. The molecule has 0 aliphatic heterocycles.